The molecule has 0 aliphatic heterocycles. The van der Waals surface area contributed by atoms with Gasteiger partial charge in [-0.2, -0.15) is 10.2 Å². The average molecular weight is 439 g/mol. The molecule has 0 saturated carbocycles. The molecule has 0 fully saturated rings. The topological polar surface area (TPSA) is 105 Å². The number of nitrogens with one attached hydrogen (secondary N) is 1. The highest BCUT2D eigenvalue weighted by molar-refractivity contribution is 7.88. The summed E-state index contributed by atoms with van der Waals surface area (Å²) in [6.07, 6.45) is 0. The Morgan fingerprint density at radius 1 is 1.06 bits per heavy atom. The number of nitrogens with zero attached hydrogens (tertiary/aromatic N) is 3. The molecule has 0 bridgehead atoms. The number of nitriles is 1. The third kappa shape index (κ3) is 5.72. The van der Waals surface area contributed by atoms with Gasteiger partial charge in [0, 0.05) is 18.8 Å². The van der Waals surface area contributed by atoms with Crippen LogP contribution in [-0.4, -0.2) is 34.6 Å². The first-order valence-corrected chi connectivity index (χ1v) is 11.0. The van der Waals surface area contributed by atoms with Gasteiger partial charge < -0.3 is 14.4 Å². The SMILES string of the molecule is CNS(=O)(=O)Cc1ccc(Oc2cc(C#N)cc(N(C)c3ccc(OC)cc3)n2)cc1. The number of rotatable bonds is 8. The van der Waals surface area contributed by atoms with E-state index in [0.29, 0.717) is 22.7 Å². The van der Waals surface area contributed by atoms with Crippen LogP contribution >= 0.6 is 0 Å². The van der Waals surface area contributed by atoms with Crippen molar-refractivity contribution in [2.24, 2.45) is 0 Å². The van der Waals surface area contributed by atoms with Crippen LogP contribution in [0.2, 0.25) is 0 Å². The Morgan fingerprint density at radius 2 is 1.71 bits per heavy atom. The highest BCUT2D eigenvalue weighted by Crippen LogP contribution is 2.29. The van der Waals surface area contributed by atoms with Gasteiger partial charge in [0.25, 0.3) is 0 Å². The van der Waals surface area contributed by atoms with E-state index in [4.69, 9.17) is 9.47 Å². The molecule has 1 N–H and O–H groups in total. The quantitative estimate of drug-likeness (QED) is 0.573. The lowest BCUT2D eigenvalue weighted by Gasteiger charge is -2.19. The predicted octanol–water partition coefficient (Wildman–Crippen LogP) is 3.57. The number of hydrogen-bond donors (Lipinski definition) is 1. The zero-order chi connectivity index (χ0) is 22.4. The zero-order valence-electron chi connectivity index (χ0n) is 17.4. The highest BCUT2D eigenvalue weighted by atomic mass is 32.2. The number of benzene rings is 2. The zero-order valence-corrected chi connectivity index (χ0v) is 18.2. The van der Waals surface area contributed by atoms with Crippen LogP contribution in [0, 0.1) is 11.3 Å². The smallest absolute Gasteiger partial charge is 0.222 e. The van der Waals surface area contributed by atoms with Gasteiger partial charge >= 0.3 is 0 Å². The van der Waals surface area contributed by atoms with Crippen molar-refractivity contribution in [2.75, 3.05) is 26.1 Å². The molecule has 3 rings (SSSR count). The van der Waals surface area contributed by atoms with Crippen molar-refractivity contribution in [3.05, 3.63) is 71.8 Å². The Hall–Kier alpha value is -3.61. The minimum atomic E-state index is -3.35. The van der Waals surface area contributed by atoms with Crippen LogP contribution in [0.3, 0.4) is 0 Å². The monoisotopic (exact) mass is 438 g/mol. The molecule has 0 aliphatic carbocycles. The first-order valence-electron chi connectivity index (χ1n) is 9.31. The van der Waals surface area contributed by atoms with Crippen molar-refractivity contribution in [2.45, 2.75) is 5.75 Å². The first-order chi connectivity index (χ1) is 14.8. The molecular formula is C22H22N4O4S. The maximum atomic E-state index is 11.7. The Morgan fingerprint density at radius 3 is 2.29 bits per heavy atom. The van der Waals surface area contributed by atoms with Gasteiger partial charge in [-0.25, -0.2) is 13.1 Å². The van der Waals surface area contributed by atoms with Crippen LogP contribution in [-0.2, 0) is 15.8 Å². The Bertz CT molecular complexity index is 1190. The summed E-state index contributed by atoms with van der Waals surface area (Å²) in [6, 6.07) is 19.5. The molecule has 0 aliphatic rings. The molecule has 0 saturated heterocycles. The molecule has 0 radical (unpaired) electrons. The first kappa shape index (κ1) is 22.1. The van der Waals surface area contributed by atoms with Crippen molar-refractivity contribution in [1.82, 2.24) is 9.71 Å². The lowest BCUT2D eigenvalue weighted by molar-refractivity contribution is 0.415. The Balaban J connectivity index is 1.82. The summed E-state index contributed by atoms with van der Waals surface area (Å²) in [7, 11) is 1.47. The van der Waals surface area contributed by atoms with Gasteiger partial charge in [-0.15, -0.1) is 0 Å². The molecule has 0 amide bonds. The van der Waals surface area contributed by atoms with Crippen LogP contribution in [0.25, 0.3) is 0 Å². The average Bonchev–Trinajstić information content (AvgIpc) is 2.79. The summed E-state index contributed by atoms with van der Waals surface area (Å²) in [6.45, 7) is 0. The summed E-state index contributed by atoms with van der Waals surface area (Å²) in [5, 5.41) is 9.41. The standard InChI is InChI=1S/C22H22N4O4S/c1-24-31(27,28)15-16-4-8-20(9-5-16)30-22-13-17(14-23)12-21(25-22)26(2)18-6-10-19(29-3)11-7-18/h4-13,24H,15H2,1-3H3. The molecule has 8 nitrogen and oxygen atoms in total. The molecule has 31 heavy (non-hydrogen) atoms. The molecule has 0 spiro atoms. The predicted molar refractivity (Wildman–Crippen MR) is 118 cm³/mol. The van der Waals surface area contributed by atoms with E-state index in [1.165, 1.54) is 7.05 Å². The van der Waals surface area contributed by atoms with E-state index in [2.05, 4.69) is 15.8 Å². The van der Waals surface area contributed by atoms with Crippen molar-refractivity contribution in [3.8, 4) is 23.4 Å². The summed E-state index contributed by atoms with van der Waals surface area (Å²) < 4.78 is 36.6. The van der Waals surface area contributed by atoms with Gasteiger partial charge in [0.2, 0.25) is 15.9 Å². The molecule has 9 heteroatoms. The van der Waals surface area contributed by atoms with Crippen molar-refractivity contribution >= 4 is 21.5 Å². The van der Waals surface area contributed by atoms with Crippen molar-refractivity contribution in [3.63, 3.8) is 0 Å². The van der Waals surface area contributed by atoms with E-state index in [1.54, 1.807) is 43.5 Å². The Labute approximate surface area is 181 Å². The summed E-state index contributed by atoms with van der Waals surface area (Å²) in [4.78, 5) is 6.34. The fraction of sp³-hybridized carbons (Fsp3) is 0.182. The van der Waals surface area contributed by atoms with Crippen LogP contribution < -0.4 is 19.1 Å². The van der Waals surface area contributed by atoms with Crippen LogP contribution in [0.1, 0.15) is 11.1 Å². The van der Waals surface area contributed by atoms with Gasteiger partial charge in [-0.3, -0.25) is 0 Å². The molecular weight excluding hydrogens is 416 g/mol. The summed E-state index contributed by atoms with van der Waals surface area (Å²) in [5.41, 5.74) is 1.89. The summed E-state index contributed by atoms with van der Waals surface area (Å²) >= 11 is 0. The minimum Gasteiger partial charge on any atom is -0.497 e. The third-order valence-corrected chi connectivity index (χ3v) is 5.87. The number of ether oxygens (including phenoxy) is 2. The van der Waals surface area contributed by atoms with E-state index in [-0.39, 0.29) is 11.6 Å². The lowest BCUT2D eigenvalue weighted by Crippen LogP contribution is -2.20. The van der Waals surface area contributed by atoms with Crippen LogP contribution in [0.5, 0.6) is 17.4 Å². The fourth-order valence-electron chi connectivity index (χ4n) is 2.78. The van der Waals surface area contributed by atoms with Gasteiger partial charge in [-0.1, -0.05) is 12.1 Å². The third-order valence-electron chi connectivity index (χ3n) is 4.53. The van der Waals surface area contributed by atoms with E-state index < -0.39 is 10.0 Å². The van der Waals surface area contributed by atoms with Crippen molar-refractivity contribution < 1.29 is 17.9 Å². The van der Waals surface area contributed by atoms with Crippen molar-refractivity contribution in [1.29, 1.82) is 5.26 Å². The number of sulfonamides is 1. The maximum absolute atomic E-state index is 11.7. The number of hydrogen-bond acceptors (Lipinski definition) is 7. The molecule has 160 valence electrons. The highest BCUT2D eigenvalue weighted by Gasteiger charge is 2.12. The molecule has 3 aromatic rings. The van der Waals surface area contributed by atoms with Gasteiger partial charge in [0.15, 0.2) is 0 Å². The number of methoxy groups -OCH3 is 1. The van der Waals surface area contributed by atoms with Gasteiger partial charge in [-0.05, 0) is 55.1 Å². The molecule has 1 heterocycles. The molecule has 0 unspecified atom stereocenters. The summed E-state index contributed by atoms with van der Waals surface area (Å²) in [5.74, 6) is 1.89. The number of aromatic nitrogens is 1. The minimum absolute atomic E-state index is 0.122. The van der Waals surface area contributed by atoms with Crippen LogP contribution in [0.15, 0.2) is 60.7 Å². The van der Waals surface area contributed by atoms with E-state index in [0.717, 1.165) is 11.4 Å². The number of pyridine rings is 1. The second-order valence-electron chi connectivity index (χ2n) is 6.63. The normalized spacial score (nSPS) is 10.9. The second-order valence-corrected chi connectivity index (χ2v) is 8.56. The van der Waals surface area contributed by atoms with E-state index in [9.17, 15) is 13.7 Å². The lowest BCUT2D eigenvalue weighted by atomic mass is 10.2. The Kier molecular flexibility index (Phi) is 6.74. The maximum Gasteiger partial charge on any atom is 0.222 e. The number of anilines is 2. The van der Waals surface area contributed by atoms with E-state index in [1.807, 2.05) is 36.2 Å². The van der Waals surface area contributed by atoms with Gasteiger partial charge in [0.1, 0.15) is 17.3 Å². The second kappa shape index (κ2) is 9.47. The molecule has 1 aromatic heterocycles. The fourth-order valence-corrected chi connectivity index (χ4v) is 3.56. The molecule has 0 atom stereocenters. The molecule has 2 aromatic carbocycles. The van der Waals surface area contributed by atoms with Crippen LogP contribution in [0.4, 0.5) is 11.5 Å². The van der Waals surface area contributed by atoms with E-state index >= 15 is 0 Å². The largest absolute Gasteiger partial charge is 0.497 e. The van der Waals surface area contributed by atoms with Gasteiger partial charge in [0.05, 0.1) is 24.5 Å².